The van der Waals surface area contributed by atoms with Crippen molar-refractivity contribution in [3.05, 3.63) is 86.6 Å². The number of nitrogens with one attached hydrogen (secondary N) is 1. The molecule has 9 heteroatoms. The minimum Gasteiger partial charge on any atom is -0.480 e. The van der Waals surface area contributed by atoms with Crippen LogP contribution in [0.25, 0.3) is 0 Å². The van der Waals surface area contributed by atoms with Crippen molar-refractivity contribution in [3.8, 4) is 0 Å². The van der Waals surface area contributed by atoms with Gasteiger partial charge in [0, 0.05) is 18.0 Å². The molecule has 2 aromatic carbocycles. The zero-order chi connectivity index (χ0) is 29.0. The van der Waals surface area contributed by atoms with E-state index in [4.69, 9.17) is 0 Å². The molecule has 0 saturated carbocycles. The minimum absolute atomic E-state index is 0.207. The van der Waals surface area contributed by atoms with E-state index in [1.807, 2.05) is 54.6 Å². The van der Waals surface area contributed by atoms with E-state index in [1.165, 1.54) is 21.0 Å². The Morgan fingerprint density at radius 3 is 2.40 bits per heavy atom. The third-order valence-corrected chi connectivity index (χ3v) is 7.93. The van der Waals surface area contributed by atoms with Crippen molar-refractivity contribution in [2.75, 3.05) is 11.9 Å². The SMILES string of the molecule is CCCCCCCn1c(=O)c(NCCCCc2cccc(SC(C)(C)C(=O)O)c2)nn(Cc2ccccc2)c1=O. The van der Waals surface area contributed by atoms with Crippen LogP contribution in [-0.4, -0.2) is 36.7 Å². The topological polar surface area (TPSA) is 106 Å². The lowest BCUT2D eigenvalue weighted by Gasteiger charge is -2.18. The Hall–Kier alpha value is -3.33. The van der Waals surface area contributed by atoms with Gasteiger partial charge >= 0.3 is 11.7 Å². The van der Waals surface area contributed by atoms with E-state index in [9.17, 15) is 19.5 Å². The van der Waals surface area contributed by atoms with Crippen LogP contribution in [0.5, 0.6) is 0 Å². The monoisotopic (exact) mass is 566 g/mol. The zero-order valence-electron chi connectivity index (χ0n) is 23.9. The number of rotatable bonds is 17. The van der Waals surface area contributed by atoms with Gasteiger partial charge in [-0.1, -0.05) is 75.1 Å². The molecule has 0 aliphatic rings. The highest BCUT2D eigenvalue weighted by atomic mass is 32.2. The molecule has 0 spiro atoms. The van der Waals surface area contributed by atoms with Crippen molar-refractivity contribution in [1.82, 2.24) is 14.3 Å². The number of aromatic nitrogens is 3. The number of aryl methyl sites for hydroxylation is 1. The average Bonchev–Trinajstić information content (AvgIpc) is 2.93. The van der Waals surface area contributed by atoms with Gasteiger partial charge in [0.25, 0.3) is 5.56 Å². The summed E-state index contributed by atoms with van der Waals surface area (Å²) in [5.74, 6) is -0.633. The molecule has 0 saturated heterocycles. The lowest BCUT2D eigenvalue weighted by molar-refractivity contribution is -0.138. The first-order valence-electron chi connectivity index (χ1n) is 14.2. The van der Waals surface area contributed by atoms with Crippen LogP contribution in [0.2, 0.25) is 0 Å². The molecule has 0 fully saturated rings. The van der Waals surface area contributed by atoms with Gasteiger partial charge in [-0.2, -0.15) is 0 Å². The maximum absolute atomic E-state index is 13.2. The summed E-state index contributed by atoms with van der Waals surface area (Å²) in [6.07, 6.45) is 7.69. The van der Waals surface area contributed by atoms with Gasteiger partial charge in [-0.25, -0.2) is 9.48 Å². The predicted molar refractivity (Wildman–Crippen MR) is 163 cm³/mol. The molecule has 0 aliphatic carbocycles. The first-order valence-corrected chi connectivity index (χ1v) is 15.0. The van der Waals surface area contributed by atoms with Crippen LogP contribution in [-0.2, 0) is 24.3 Å². The number of hydrogen-bond donors (Lipinski definition) is 2. The molecule has 1 heterocycles. The van der Waals surface area contributed by atoms with E-state index in [2.05, 4.69) is 17.3 Å². The molecule has 0 aliphatic heterocycles. The van der Waals surface area contributed by atoms with Crippen LogP contribution in [0.3, 0.4) is 0 Å². The Bertz CT molecular complexity index is 1350. The molecule has 8 nitrogen and oxygen atoms in total. The number of carboxylic acid groups (broad SMARTS) is 1. The molecule has 0 radical (unpaired) electrons. The maximum Gasteiger partial charge on any atom is 0.347 e. The van der Waals surface area contributed by atoms with Crippen molar-refractivity contribution in [2.24, 2.45) is 0 Å². The Kier molecular flexibility index (Phi) is 12.1. The van der Waals surface area contributed by atoms with Crippen LogP contribution in [0, 0.1) is 0 Å². The van der Waals surface area contributed by atoms with Gasteiger partial charge in [0.15, 0.2) is 0 Å². The quantitative estimate of drug-likeness (QED) is 0.157. The molecule has 1 aromatic heterocycles. The Labute approximate surface area is 240 Å². The largest absolute Gasteiger partial charge is 0.480 e. The van der Waals surface area contributed by atoms with Gasteiger partial charge in [-0.05, 0) is 62.8 Å². The predicted octanol–water partition coefficient (Wildman–Crippen LogP) is 5.81. The molecule has 216 valence electrons. The van der Waals surface area contributed by atoms with Crippen LogP contribution in [0.4, 0.5) is 5.82 Å². The lowest BCUT2D eigenvalue weighted by atomic mass is 10.1. The number of benzene rings is 2. The molecule has 0 atom stereocenters. The highest BCUT2D eigenvalue weighted by Crippen LogP contribution is 2.33. The molecule has 0 amide bonds. The number of aliphatic carboxylic acids is 1. The summed E-state index contributed by atoms with van der Waals surface area (Å²) in [7, 11) is 0. The second-order valence-electron chi connectivity index (χ2n) is 10.6. The standard InChI is InChI=1S/C31H42N4O4S/c1-4-5-6-7-13-21-34-28(36)27(33-35(30(34)39)23-25-16-9-8-10-17-25)32-20-12-11-15-24-18-14-19-26(22-24)40-31(2,3)29(37)38/h8-10,14,16-19,22H,4-7,11-13,15,20-21,23H2,1-3H3,(H,32,33)(H,37,38). The van der Waals surface area contributed by atoms with Crippen molar-refractivity contribution in [2.45, 2.75) is 94.9 Å². The summed E-state index contributed by atoms with van der Waals surface area (Å²) in [6, 6.07) is 17.6. The van der Waals surface area contributed by atoms with Crippen molar-refractivity contribution < 1.29 is 9.90 Å². The number of hydrogen-bond acceptors (Lipinski definition) is 6. The minimum atomic E-state index is -0.894. The molecular formula is C31H42N4O4S. The molecule has 0 bridgehead atoms. The fourth-order valence-corrected chi connectivity index (χ4v) is 5.40. The summed E-state index contributed by atoms with van der Waals surface area (Å²) in [4.78, 5) is 38.7. The molecule has 3 rings (SSSR count). The second kappa shape index (κ2) is 15.5. The molecular weight excluding hydrogens is 524 g/mol. The van der Waals surface area contributed by atoms with E-state index in [-0.39, 0.29) is 17.1 Å². The van der Waals surface area contributed by atoms with Crippen LogP contribution < -0.4 is 16.6 Å². The highest BCUT2D eigenvalue weighted by Gasteiger charge is 2.28. The normalized spacial score (nSPS) is 11.5. The molecule has 2 N–H and O–H groups in total. The van der Waals surface area contributed by atoms with Crippen LogP contribution in [0.15, 0.2) is 69.1 Å². The number of carboxylic acids is 1. The van der Waals surface area contributed by atoms with Gasteiger partial charge in [-0.15, -0.1) is 16.9 Å². The number of anilines is 1. The number of unbranched alkanes of at least 4 members (excludes halogenated alkanes) is 5. The Morgan fingerprint density at radius 2 is 1.68 bits per heavy atom. The summed E-state index contributed by atoms with van der Waals surface area (Å²) in [5.41, 5.74) is 1.35. The molecule has 3 aromatic rings. The van der Waals surface area contributed by atoms with Gasteiger partial charge < -0.3 is 10.4 Å². The lowest BCUT2D eigenvalue weighted by Crippen LogP contribution is -2.43. The first-order chi connectivity index (χ1) is 19.2. The van der Waals surface area contributed by atoms with E-state index < -0.39 is 10.7 Å². The van der Waals surface area contributed by atoms with Crippen molar-refractivity contribution in [3.63, 3.8) is 0 Å². The number of carbonyl (C=O) groups is 1. The zero-order valence-corrected chi connectivity index (χ0v) is 24.7. The number of nitrogens with zero attached hydrogens (tertiary/aromatic N) is 3. The molecule has 0 unspecified atom stereocenters. The smallest absolute Gasteiger partial charge is 0.347 e. The summed E-state index contributed by atoms with van der Waals surface area (Å²) >= 11 is 1.34. The summed E-state index contributed by atoms with van der Waals surface area (Å²) in [5, 5.41) is 17.0. The summed E-state index contributed by atoms with van der Waals surface area (Å²) in [6.45, 7) is 6.82. The number of thioether (sulfide) groups is 1. The first kappa shape index (κ1) is 31.2. The Balaban J connectivity index is 1.63. The van der Waals surface area contributed by atoms with E-state index in [1.54, 1.807) is 13.8 Å². The third kappa shape index (κ3) is 9.40. The van der Waals surface area contributed by atoms with Gasteiger partial charge in [0.05, 0.1) is 6.54 Å². The van der Waals surface area contributed by atoms with Gasteiger partial charge in [-0.3, -0.25) is 14.2 Å². The summed E-state index contributed by atoms with van der Waals surface area (Å²) < 4.78 is 1.81. The van der Waals surface area contributed by atoms with E-state index in [0.29, 0.717) is 19.6 Å². The van der Waals surface area contributed by atoms with Crippen molar-refractivity contribution in [1.29, 1.82) is 0 Å². The van der Waals surface area contributed by atoms with Gasteiger partial charge in [0.2, 0.25) is 5.82 Å². The Morgan fingerprint density at radius 1 is 0.950 bits per heavy atom. The molecule has 40 heavy (non-hydrogen) atoms. The van der Waals surface area contributed by atoms with E-state index in [0.717, 1.165) is 67.4 Å². The maximum atomic E-state index is 13.2. The second-order valence-corrected chi connectivity index (χ2v) is 12.3. The third-order valence-electron chi connectivity index (χ3n) is 6.75. The van der Waals surface area contributed by atoms with Crippen molar-refractivity contribution >= 4 is 23.5 Å². The van der Waals surface area contributed by atoms with Crippen LogP contribution in [0.1, 0.15) is 76.8 Å². The fourth-order valence-electron chi connectivity index (χ4n) is 4.36. The van der Waals surface area contributed by atoms with E-state index >= 15 is 0 Å². The van der Waals surface area contributed by atoms with Crippen LogP contribution >= 0.6 is 11.8 Å². The van der Waals surface area contributed by atoms with Gasteiger partial charge in [0.1, 0.15) is 4.75 Å². The fraction of sp³-hybridized carbons (Fsp3) is 0.484. The highest BCUT2D eigenvalue weighted by molar-refractivity contribution is 8.01. The average molecular weight is 567 g/mol.